The Hall–Kier alpha value is -1.66. The predicted octanol–water partition coefficient (Wildman–Crippen LogP) is 0.772. The van der Waals surface area contributed by atoms with E-state index < -0.39 is 6.16 Å². The fourth-order valence-electron chi connectivity index (χ4n) is 0.687. The van der Waals surface area contributed by atoms with Crippen molar-refractivity contribution >= 4 is 6.16 Å². The van der Waals surface area contributed by atoms with Gasteiger partial charge in [-0.05, 0) is 15.8 Å². The van der Waals surface area contributed by atoms with Gasteiger partial charge in [-0.1, -0.05) is 25.9 Å². The number of aryl methyl sites for hydroxylation is 1. The van der Waals surface area contributed by atoms with Crippen LogP contribution in [0.2, 0.25) is 0 Å². The molecule has 0 aliphatic rings. The third-order valence-corrected chi connectivity index (χ3v) is 1.38. The lowest BCUT2D eigenvalue weighted by molar-refractivity contribution is 0.0648. The van der Waals surface area contributed by atoms with Crippen LogP contribution in [0.5, 0.6) is 6.01 Å². The average Bonchev–Trinajstić information content (AvgIpc) is 2.47. The van der Waals surface area contributed by atoms with E-state index in [4.69, 9.17) is 9.47 Å². The van der Waals surface area contributed by atoms with Gasteiger partial charge >= 0.3 is 12.2 Å². The molecule has 0 aliphatic heterocycles. The number of nitrogens with zero attached hydrogens (tertiary/aromatic N) is 4. The van der Waals surface area contributed by atoms with Gasteiger partial charge in [0.05, 0.1) is 6.61 Å². The number of carbonyl (C=O) groups is 1. The van der Waals surface area contributed by atoms with Gasteiger partial charge in [-0.25, -0.2) is 4.79 Å². The molecule has 0 amide bonds. The minimum atomic E-state index is -0.803. The summed E-state index contributed by atoms with van der Waals surface area (Å²) < 4.78 is 10.8. The van der Waals surface area contributed by atoms with Crippen LogP contribution in [0.25, 0.3) is 0 Å². The zero-order valence-electron chi connectivity index (χ0n) is 9.22. The summed E-state index contributed by atoms with van der Waals surface area (Å²) in [6.45, 7) is 6.12. The highest BCUT2D eigenvalue weighted by atomic mass is 16.7. The maximum Gasteiger partial charge on any atom is 0.516 e. The standard InChI is InChI=1S/C8H14N4O3/c1-8(2,3)5-14-7(13)15-6-9-10-11-12(6)4/h5H2,1-4H3. The van der Waals surface area contributed by atoms with Gasteiger partial charge in [0.25, 0.3) is 0 Å². The van der Waals surface area contributed by atoms with E-state index in [0.29, 0.717) is 0 Å². The molecular weight excluding hydrogens is 200 g/mol. The first kappa shape index (κ1) is 11.4. The van der Waals surface area contributed by atoms with E-state index in [0.717, 1.165) is 0 Å². The molecule has 0 aliphatic carbocycles. The van der Waals surface area contributed by atoms with E-state index >= 15 is 0 Å². The van der Waals surface area contributed by atoms with Crippen molar-refractivity contribution in [1.82, 2.24) is 20.2 Å². The van der Waals surface area contributed by atoms with E-state index in [9.17, 15) is 4.79 Å². The number of rotatable bonds is 2. The van der Waals surface area contributed by atoms with Crippen LogP contribution in [0, 0.1) is 5.41 Å². The molecular formula is C8H14N4O3. The molecule has 0 saturated carbocycles. The van der Waals surface area contributed by atoms with E-state index in [-0.39, 0.29) is 18.0 Å². The number of aromatic nitrogens is 4. The molecule has 0 unspecified atom stereocenters. The van der Waals surface area contributed by atoms with Gasteiger partial charge in [0.15, 0.2) is 0 Å². The van der Waals surface area contributed by atoms with Gasteiger partial charge in [0.2, 0.25) is 0 Å². The van der Waals surface area contributed by atoms with Crippen molar-refractivity contribution in [3.8, 4) is 6.01 Å². The number of hydrogen-bond acceptors (Lipinski definition) is 6. The molecule has 0 fully saturated rings. The number of carbonyl (C=O) groups excluding carboxylic acids is 1. The zero-order valence-corrected chi connectivity index (χ0v) is 9.22. The van der Waals surface area contributed by atoms with Crippen molar-refractivity contribution in [1.29, 1.82) is 0 Å². The number of hydrogen-bond donors (Lipinski definition) is 0. The van der Waals surface area contributed by atoms with E-state index in [1.165, 1.54) is 4.68 Å². The summed E-state index contributed by atoms with van der Waals surface area (Å²) >= 11 is 0. The van der Waals surface area contributed by atoms with Crippen LogP contribution in [0.4, 0.5) is 4.79 Å². The average molecular weight is 214 g/mol. The van der Waals surface area contributed by atoms with Gasteiger partial charge in [-0.2, -0.15) is 4.68 Å². The van der Waals surface area contributed by atoms with Crippen molar-refractivity contribution in [2.45, 2.75) is 20.8 Å². The highest BCUT2D eigenvalue weighted by Gasteiger charge is 2.16. The molecule has 0 bridgehead atoms. The normalized spacial score (nSPS) is 11.2. The van der Waals surface area contributed by atoms with Gasteiger partial charge in [0.1, 0.15) is 0 Å². The quantitative estimate of drug-likeness (QED) is 0.676. The molecule has 0 spiro atoms. The largest absolute Gasteiger partial charge is 0.516 e. The van der Waals surface area contributed by atoms with Crippen molar-refractivity contribution in [3.05, 3.63) is 0 Å². The smallest absolute Gasteiger partial charge is 0.433 e. The Balaban J connectivity index is 2.41. The van der Waals surface area contributed by atoms with Crippen LogP contribution in [0.15, 0.2) is 0 Å². The molecule has 0 N–H and O–H groups in total. The molecule has 1 aromatic heterocycles. The molecule has 7 nitrogen and oxygen atoms in total. The zero-order chi connectivity index (χ0) is 11.5. The highest BCUT2D eigenvalue weighted by molar-refractivity contribution is 5.62. The van der Waals surface area contributed by atoms with Crippen LogP contribution < -0.4 is 4.74 Å². The van der Waals surface area contributed by atoms with Crippen LogP contribution in [-0.2, 0) is 11.8 Å². The van der Waals surface area contributed by atoms with Crippen molar-refractivity contribution in [2.24, 2.45) is 12.5 Å². The minimum Gasteiger partial charge on any atom is -0.433 e. The predicted molar refractivity (Wildman–Crippen MR) is 50.2 cm³/mol. The molecule has 15 heavy (non-hydrogen) atoms. The van der Waals surface area contributed by atoms with Crippen molar-refractivity contribution in [3.63, 3.8) is 0 Å². The van der Waals surface area contributed by atoms with Crippen LogP contribution in [-0.4, -0.2) is 33.0 Å². The highest BCUT2D eigenvalue weighted by Crippen LogP contribution is 2.13. The SMILES string of the molecule is Cn1nnnc1OC(=O)OCC(C)(C)C. The summed E-state index contributed by atoms with van der Waals surface area (Å²) in [4.78, 5) is 11.2. The molecule has 84 valence electrons. The Morgan fingerprint density at radius 2 is 2.13 bits per heavy atom. The lowest BCUT2D eigenvalue weighted by Crippen LogP contribution is -2.21. The molecule has 0 aromatic carbocycles. The second kappa shape index (κ2) is 4.24. The van der Waals surface area contributed by atoms with Gasteiger partial charge in [-0.15, -0.1) is 0 Å². The van der Waals surface area contributed by atoms with Gasteiger partial charge in [-0.3, -0.25) is 0 Å². The lowest BCUT2D eigenvalue weighted by atomic mass is 9.99. The van der Waals surface area contributed by atoms with E-state index in [1.807, 2.05) is 20.8 Å². The summed E-state index contributed by atoms with van der Waals surface area (Å²) in [7, 11) is 1.56. The van der Waals surface area contributed by atoms with Crippen LogP contribution in [0.1, 0.15) is 20.8 Å². The first-order valence-corrected chi connectivity index (χ1v) is 4.45. The molecule has 0 atom stereocenters. The third-order valence-electron chi connectivity index (χ3n) is 1.38. The molecule has 0 radical (unpaired) electrons. The van der Waals surface area contributed by atoms with Crippen molar-refractivity contribution < 1.29 is 14.3 Å². The number of tetrazole rings is 1. The maximum absolute atomic E-state index is 11.2. The minimum absolute atomic E-state index is 0.00825. The third kappa shape index (κ3) is 3.92. The topological polar surface area (TPSA) is 79.1 Å². The Labute approximate surface area is 87.4 Å². The summed E-state index contributed by atoms with van der Waals surface area (Å²) in [5.41, 5.74) is -0.100. The van der Waals surface area contributed by atoms with Crippen LogP contribution >= 0.6 is 0 Å². The molecule has 1 heterocycles. The van der Waals surface area contributed by atoms with E-state index in [1.54, 1.807) is 7.05 Å². The van der Waals surface area contributed by atoms with E-state index in [2.05, 4.69) is 15.5 Å². The molecule has 1 aromatic rings. The Morgan fingerprint density at radius 1 is 1.47 bits per heavy atom. The van der Waals surface area contributed by atoms with Crippen molar-refractivity contribution in [2.75, 3.05) is 6.61 Å². The Morgan fingerprint density at radius 3 is 2.60 bits per heavy atom. The van der Waals surface area contributed by atoms with Gasteiger partial charge < -0.3 is 9.47 Å². The maximum atomic E-state index is 11.2. The summed E-state index contributed by atoms with van der Waals surface area (Å²) in [6, 6.07) is 0.00825. The fourth-order valence-corrected chi connectivity index (χ4v) is 0.687. The Bertz CT molecular complexity index is 342. The summed E-state index contributed by atoms with van der Waals surface area (Å²) in [5.74, 6) is 0. The molecule has 0 saturated heterocycles. The second-order valence-electron chi connectivity index (χ2n) is 4.29. The first-order chi connectivity index (χ1) is 6.88. The van der Waals surface area contributed by atoms with Crippen LogP contribution in [0.3, 0.4) is 0 Å². The van der Waals surface area contributed by atoms with Gasteiger partial charge in [0, 0.05) is 7.05 Å². The molecule has 7 heteroatoms. The Kier molecular flexibility index (Phi) is 3.23. The lowest BCUT2D eigenvalue weighted by Gasteiger charge is -2.16. The molecule has 1 rings (SSSR count). The summed E-state index contributed by atoms with van der Waals surface area (Å²) in [5, 5.41) is 10.3. The number of ether oxygens (including phenoxy) is 2. The monoisotopic (exact) mass is 214 g/mol. The fraction of sp³-hybridized carbons (Fsp3) is 0.750. The summed E-state index contributed by atoms with van der Waals surface area (Å²) in [6.07, 6.45) is -0.803. The first-order valence-electron chi connectivity index (χ1n) is 4.45. The second-order valence-corrected chi connectivity index (χ2v) is 4.29.